The lowest BCUT2D eigenvalue weighted by atomic mass is 9.97. The molecule has 0 aliphatic rings. The number of carboxylic acid groups (broad SMARTS) is 2. The van der Waals surface area contributed by atoms with Crippen LogP contribution in [0.5, 0.6) is 0 Å². The van der Waals surface area contributed by atoms with Gasteiger partial charge in [0.15, 0.2) is 5.96 Å². The van der Waals surface area contributed by atoms with Crippen LogP contribution < -0.4 is 54.4 Å². The van der Waals surface area contributed by atoms with Crippen LogP contribution in [0.4, 0.5) is 0 Å². The summed E-state index contributed by atoms with van der Waals surface area (Å²) in [5.41, 5.74) is 16.3. The summed E-state index contributed by atoms with van der Waals surface area (Å²) in [6, 6.07) is -8.60. The van der Waals surface area contributed by atoms with Gasteiger partial charge >= 0.3 is 11.9 Å². The normalized spacial score (nSPS) is 15.6. The molecule has 0 radical (unpaired) electrons. The number of aliphatic imine (C=N–C) groups is 1. The second-order valence-corrected chi connectivity index (χ2v) is 14.5. The molecule has 17 N–H and O–H groups in total. The molecule has 0 heterocycles. The van der Waals surface area contributed by atoms with Gasteiger partial charge in [-0.15, -0.1) is 0 Å². The maximum Gasteiger partial charge on any atom is 0.326 e. The van der Waals surface area contributed by atoms with Gasteiger partial charge in [-0.3, -0.25) is 43.3 Å². The van der Waals surface area contributed by atoms with E-state index in [1.54, 1.807) is 13.8 Å². The molecular formula is C35H63N11O13. The fourth-order valence-electron chi connectivity index (χ4n) is 5.23. The lowest BCUT2D eigenvalue weighted by molar-refractivity contribution is -0.143. The van der Waals surface area contributed by atoms with Crippen molar-refractivity contribution in [2.45, 2.75) is 129 Å². The van der Waals surface area contributed by atoms with E-state index in [1.165, 1.54) is 0 Å². The predicted octanol–water partition coefficient (Wildman–Crippen LogP) is -5.17. The fourth-order valence-corrected chi connectivity index (χ4v) is 5.23. The molecule has 24 nitrogen and oxygen atoms in total. The van der Waals surface area contributed by atoms with Crippen LogP contribution in [-0.2, 0) is 43.2 Å². The molecule has 0 aromatic heterocycles. The molecule has 0 aromatic carbocycles. The van der Waals surface area contributed by atoms with Gasteiger partial charge in [0.1, 0.15) is 30.2 Å². The maximum atomic E-state index is 13.3. The lowest BCUT2D eigenvalue weighted by Gasteiger charge is -2.27. The highest BCUT2D eigenvalue weighted by Crippen LogP contribution is 2.10. The number of rotatable bonds is 28. The van der Waals surface area contributed by atoms with Gasteiger partial charge in [-0.25, -0.2) is 4.79 Å². The third-order valence-electron chi connectivity index (χ3n) is 8.70. The van der Waals surface area contributed by atoms with Crippen LogP contribution in [0.2, 0.25) is 0 Å². The smallest absolute Gasteiger partial charge is 0.326 e. The average Bonchev–Trinajstić information content (AvgIpc) is 3.14. The Labute approximate surface area is 342 Å². The molecule has 0 spiro atoms. The van der Waals surface area contributed by atoms with E-state index in [2.05, 4.69) is 42.2 Å². The van der Waals surface area contributed by atoms with Crippen LogP contribution in [0.3, 0.4) is 0 Å². The monoisotopic (exact) mass is 845 g/mol. The van der Waals surface area contributed by atoms with E-state index in [1.807, 2.05) is 13.8 Å². The van der Waals surface area contributed by atoms with E-state index in [0.717, 1.165) is 13.8 Å². The first-order valence-electron chi connectivity index (χ1n) is 19.1. The van der Waals surface area contributed by atoms with Gasteiger partial charge in [0.05, 0.1) is 31.3 Å². The zero-order valence-electron chi connectivity index (χ0n) is 34.3. The first-order valence-corrected chi connectivity index (χ1v) is 19.1. The van der Waals surface area contributed by atoms with Gasteiger partial charge in [0.2, 0.25) is 41.4 Å². The number of guanidine groups is 1. The van der Waals surface area contributed by atoms with Gasteiger partial charge in [-0.05, 0) is 51.4 Å². The highest BCUT2D eigenvalue weighted by atomic mass is 16.4. The second-order valence-electron chi connectivity index (χ2n) is 14.5. The lowest BCUT2D eigenvalue weighted by Crippen LogP contribution is -2.61. The number of aliphatic carboxylic acids is 2. The van der Waals surface area contributed by atoms with Crippen LogP contribution in [0.1, 0.15) is 80.1 Å². The number of aliphatic hydroxyl groups is 2. The van der Waals surface area contributed by atoms with Crippen molar-refractivity contribution in [3.05, 3.63) is 0 Å². The van der Waals surface area contributed by atoms with Crippen LogP contribution in [-0.4, -0.2) is 148 Å². The number of nitrogens with two attached hydrogens (primary N) is 3. The Kier molecular flexibility index (Phi) is 24.6. The van der Waals surface area contributed by atoms with E-state index >= 15 is 0 Å². The van der Waals surface area contributed by atoms with Gasteiger partial charge in [0.25, 0.3) is 0 Å². The van der Waals surface area contributed by atoms with E-state index in [4.69, 9.17) is 17.2 Å². The molecule has 0 bridgehead atoms. The van der Waals surface area contributed by atoms with E-state index in [0.29, 0.717) is 12.8 Å². The molecule has 0 fully saturated rings. The Balaban J connectivity index is 5.72. The minimum atomic E-state index is -1.75. The average molecular weight is 846 g/mol. The van der Waals surface area contributed by atoms with Crippen molar-refractivity contribution in [2.75, 3.05) is 19.6 Å². The molecule has 0 aliphatic carbocycles. The molecule has 0 aliphatic heterocycles. The predicted molar refractivity (Wildman–Crippen MR) is 210 cm³/mol. The standard InChI is InChI=1S/C35H63N11O13/c1-7-17(4)26(45-30(54)21(10-11-25(51)52)42-23(49)14-40-29(53)20(36)13-16(2)3)31(55)41-15-24(50)44-27(18(5)47)33(57)46-28(19(6)48)32(56)43-22(34(58)59)9-8-12-39-35(37)38/h16-22,26-28,47-48H,7-15,36H2,1-6H3,(H,40,53)(H,41,55)(H,42,49)(H,43,56)(H,44,50)(H,45,54)(H,46,57)(H,51,52)(H,58,59)(H4,37,38,39)/t17-,18+,19+,20-,21-,22-,26-,27-,28-/m0/s1. The minimum absolute atomic E-state index is 0.0643. The van der Waals surface area contributed by atoms with E-state index in [-0.39, 0.29) is 37.7 Å². The molecule has 9 atom stereocenters. The number of aliphatic hydroxyl groups excluding tert-OH is 2. The van der Waals surface area contributed by atoms with Crippen LogP contribution in [0.15, 0.2) is 4.99 Å². The third kappa shape index (κ3) is 21.6. The van der Waals surface area contributed by atoms with Crippen molar-refractivity contribution in [1.82, 2.24) is 37.2 Å². The first-order chi connectivity index (χ1) is 27.4. The zero-order chi connectivity index (χ0) is 45.6. The molecule has 59 heavy (non-hydrogen) atoms. The van der Waals surface area contributed by atoms with Crippen molar-refractivity contribution in [3.63, 3.8) is 0 Å². The largest absolute Gasteiger partial charge is 0.481 e. The number of hydrogen-bond donors (Lipinski definition) is 14. The molecule has 336 valence electrons. The number of carbonyl (C=O) groups is 9. The molecule has 24 heteroatoms. The molecule has 0 saturated carbocycles. The number of amides is 7. The molecule has 0 rings (SSSR count). The van der Waals surface area contributed by atoms with Crippen LogP contribution >= 0.6 is 0 Å². The van der Waals surface area contributed by atoms with Crippen molar-refractivity contribution in [1.29, 1.82) is 0 Å². The van der Waals surface area contributed by atoms with Gasteiger partial charge in [0, 0.05) is 13.0 Å². The minimum Gasteiger partial charge on any atom is -0.481 e. The molecular weight excluding hydrogens is 782 g/mol. The van der Waals surface area contributed by atoms with Crippen LogP contribution in [0, 0.1) is 11.8 Å². The first kappa shape index (κ1) is 53.4. The van der Waals surface area contributed by atoms with Crippen molar-refractivity contribution in [3.8, 4) is 0 Å². The Hall–Kier alpha value is -5.62. The summed E-state index contributed by atoms with van der Waals surface area (Å²) in [6.45, 7) is 7.96. The van der Waals surface area contributed by atoms with Gasteiger partial charge in [-0.1, -0.05) is 34.1 Å². The second kappa shape index (κ2) is 27.1. The Morgan fingerprint density at radius 1 is 0.627 bits per heavy atom. The maximum absolute atomic E-state index is 13.3. The summed E-state index contributed by atoms with van der Waals surface area (Å²) in [7, 11) is 0. The van der Waals surface area contributed by atoms with Crippen molar-refractivity contribution >= 4 is 59.2 Å². The highest BCUT2D eigenvalue weighted by molar-refractivity contribution is 5.96. The summed E-state index contributed by atoms with van der Waals surface area (Å²) in [5.74, 6) is -9.90. The number of nitrogens with zero attached hydrogens (tertiary/aromatic N) is 1. The third-order valence-corrected chi connectivity index (χ3v) is 8.70. The molecule has 0 unspecified atom stereocenters. The molecule has 0 aromatic rings. The van der Waals surface area contributed by atoms with Crippen molar-refractivity contribution < 1.29 is 63.6 Å². The van der Waals surface area contributed by atoms with Crippen LogP contribution in [0.25, 0.3) is 0 Å². The van der Waals surface area contributed by atoms with E-state index < -0.39 is 127 Å². The summed E-state index contributed by atoms with van der Waals surface area (Å²) in [5, 5.41) is 55.3. The summed E-state index contributed by atoms with van der Waals surface area (Å²) in [4.78, 5) is 117. The molecule has 0 saturated heterocycles. The summed E-state index contributed by atoms with van der Waals surface area (Å²) < 4.78 is 0. The summed E-state index contributed by atoms with van der Waals surface area (Å²) in [6.07, 6.45) is -3.39. The SMILES string of the molecule is CC[C@H](C)[C@H](NC(=O)[C@H](CCC(=O)O)NC(=O)CNC(=O)[C@@H](N)CC(C)C)C(=O)NCC(=O)N[C@H](C(=O)N[C@H](C(=O)N[C@@H](CCCN=C(N)N)C(=O)O)[C@@H](C)O)[C@@H](C)O. The number of hydrogen-bond acceptors (Lipinski definition) is 13. The van der Waals surface area contributed by atoms with E-state index in [9.17, 15) is 63.6 Å². The number of nitrogens with one attached hydrogen (secondary N) is 7. The number of carbonyl (C=O) groups excluding carboxylic acids is 7. The Morgan fingerprint density at radius 3 is 1.63 bits per heavy atom. The van der Waals surface area contributed by atoms with Gasteiger partial charge < -0.3 is 74.8 Å². The Bertz CT molecular complexity index is 1490. The van der Waals surface area contributed by atoms with Gasteiger partial charge in [-0.2, -0.15) is 0 Å². The van der Waals surface area contributed by atoms with Crippen molar-refractivity contribution in [2.24, 2.45) is 34.0 Å². The summed E-state index contributed by atoms with van der Waals surface area (Å²) >= 11 is 0. The number of carboxylic acids is 2. The topological polar surface area (TPSA) is 409 Å². The fraction of sp³-hybridized carbons (Fsp3) is 0.714. The zero-order valence-corrected chi connectivity index (χ0v) is 34.3. The quantitative estimate of drug-likeness (QED) is 0.0199. The highest BCUT2D eigenvalue weighted by Gasteiger charge is 2.35. The molecule has 7 amide bonds. The Morgan fingerprint density at radius 2 is 1.14 bits per heavy atom.